The van der Waals surface area contributed by atoms with E-state index < -0.39 is 12.0 Å². The van der Waals surface area contributed by atoms with Gasteiger partial charge in [0.2, 0.25) is 5.91 Å². The highest BCUT2D eigenvalue weighted by molar-refractivity contribution is 8.00. The molecule has 2 aliphatic rings. The third-order valence-electron chi connectivity index (χ3n) is 3.48. The summed E-state index contributed by atoms with van der Waals surface area (Å²) in [4.78, 5) is 24.4. The number of halogens is 3. The Morgan fingerprint density at radius 2 is 2.22 bits per heavy atom. The maximum atomic E-state index is 11.8. The molecule has 0 saturated carbocycles. The van der Waals surface area contributed by atoms with E-state index in [1.807, 2.05) is 0 Å². The van der Waals surface area contributed by atoms with Crippen molar-refractivity contribution >= 4 is 60.1 Å². The molecule has 0 radical (unpaired) electrons. The molecule has 10 heteroatoms. The molecule has 23 heavy (non-hydrogen) atoms. The van der Waals surface area contributed by atoms with Crippen LogP contribution in [-0.4, -0.2) is 33.9 Å². The quantitative estimate of drug-likeness (QED) is 0.558. The van der Waals surface area contributed by atoms with Crippen molar-refractivity contribution in [3.63, 3.8) is 0 Å². The lowest BCUT2D eigenvalue weighted by Crippen LogP contribution is -2.69. The van der Waals surface area contributed by atoms with E-state index in [-0.39, 0.29) is 41.8 Å². The third-order valence-corrected chi connectivity index (χ3v) is 5.06. The topological polar surface area (TPSA) is 90.3 Å². The van der Waals surface area contributed by atoms with Crippen molar-refractivity contribution < 1.29 is 19.3 Å². The maximum absolute atomic E-state index is 11.8. The summed E-state index contributed by atoms with van der Waals surface area (Å²) in [5.74, 6) is -1.23. The van der Waals surface area contributed by atoms with Crippen LogP contribution in [0.4, 0.5) is 0 Å². The van der Waals surface area contributed by atoms with Crippen LogP contribution in [0.5, 0.6) is 0 Å². The van der Waals surface area contributed by atoms with Gasteiger partial charge < -0.3 is 15.6 Å². The smallest absolute Gasteiger partial charge is 0.248 e. The normalized spacial score (nSPS) is 22.5. The number of carboxylic acids is 1. The highest BCUT2D eigenvalue weighted by Gasteiger charge is 2.50. The first-order valence-corrected chi connectivity index (χ1v) is 7.70. The second-order valence-electron chi connectivity index (χ2n) is 4.87. The number of amides is 1. The summed E-state index contributed by atoms with van der Waals surface area (Å²) < 4.78 is 1.77. The van der Waals surface area contributed by atoms with E-state index in [9.17, 15) is 14.7 Å². The molecule has 1 fully saturated rings. The number of carbonyl (C=O) groups is 2. The molecular weight excluding hydrogens is 385 g/mol. The fourth-order valence-corrected chi connectivity index (χ4v) is 3.98. The zero-order valence-corrected chi connectivity index (χ0v) is 14.9. The van der Waals surface area contributed by atoms with Crippen LogP contribution in [0.15, 0.2) is 35.8 Å². The number of rotatable bonds is 3. The molecule has 6 nitrogen and oxygen atoms in total. The fourth-order valence-electron chi connectivity index (χ4n) is 2.50. The second-order valence-corrected chi connectivity index (χ2v) is 6.41. The largest absolute Gasteiger partial charge is 0.543 e. The molecule has 1 amide bonds. The van der Waals surface area contributed by atoms with E-state index in [2.05, 4.69) is 0 Å². The summed E-state index contributed by atoms with van der Waals surface area (Å²) in [6.07, 6.45) is 3.48. The highest BCUT2D eigenvalue weighted by atomic mass is 35.5. The lowest BCUT2D eigenvalue weighted by molar-refractivity contribution is -0.689. The summed E-state index contributed by atoms with van der Waals surface area (Å²) in [6.45, 7) is 0.336. The molecule has 1 saturated heterocycles. The average molecular weight is 399 g/mol. The molecule has 2 atom stereocenters. The molecule has 2 aliphatic heterocycles. The minimum atomic E-state index is -1.35. The maximum Gasteiger partial charge on any atom is 0.248 e. The summed E-state index contributed by atoms with van der Waals surface area (Å²) in [7, 11) is 0. The Morgan fingerprint density at radius 3 is 2.83 bits per heavy atom. The molecule has 3 heterocycles. The van der Waals surface area contributed by atoms with Gasteiger partial charge in [0.05, 0.1) is 11.7 Å². The molecule has 0 aliphatic carbocycles. The van der Waals surface area contributed by atoms with Crippen molar-refractivity contribution in [2.24, 2.45) is 5.73 Å². The molecule has 1 unspecified atom stereocenters. The first-order valence-electron chi connectivity index (χ1n) is 6.27. The minimum absolute atomic E-state index is 0. The van der Waals surface area contributed by atoms with E-state index >= 15 is 0 Å². The molecular formula is C13H14Cl3N3O3S. The van der Waals surface area contributed by atoms with Gasteiger partial charge in [-0.25, -0.2) is 0 Å². The number of carbonyl (C=O) groups excluding carboxylic acids is 2. The molecule has 3 rings (SSSR count). The Kier molecular flexibility index (Phi) is 6.73. The van der Waals surface area contributed by atoms with Gasteiger partial charge in [-0.05, 0) is 6.07 Å². The molecule has 1 aromatic heterocycles. The van der Waals surface area contributed by atoms with Crippen LogP contribution in [0.2, 0.25) is 5.02 Å². The van der Waals surface area contributed by atoms with Gasteiger partial charge in [-0.15, -0.1) is 36.6 Å². The van der Waals surface area contributed by atoms with Crippen molar-refractivity contribution in [1.82, 2.24) is 4.90 Å². The Balaban J connectivity index is 0.00000132. The minimum Gasteiger partial charge on any atom is -0.543 e. The standard InChI is InChI=1S/C13H12ClN3O3S.2ClH/c14-8-2-1-3-16(5-8)4-7-6-21-12-9(15)11(18)17(12)10(7)13(19)20;;/h1-3,5,9,12H,4,6,15H2;2*1H/t9?,12-;;/m1../s1. The predicted molar refractivity (Wildman–Crippen MR) is 89.2 cm³/mol. The zero-order valence-electron chi connectivity index (χ0n) is 11.7. The number of pyridine rings is 1. The summed E-state index contributed by atoms with van der Waals surface area (Å²) in [6, 6.07) is 2.87. The molecule has 2 N–H and O–H groups in total. The monoisotopic (exact) mass is 397 g/mol. The van der Waals surface area contributed by atoms with Crippen LogP contribution in [0.25, 0.3) is 0 Å². The number of thioether (sulfide) groups is 1. The van der Waals surface area contributed by atoms with Gasteiger partial charge in [0.25, 0.3) is 0 Å². The van der Waals surface area contributed by atoms with Gasteiger partial charge in [0, 0.05) is 17.4 Å². The Bertz CT molecular complexity index is 671. The van der Waals surface area contributed by atoms with Crippen molar-refractivity contribution in [2.45, 2.75) is 18.0 Å². The molecule has 0 spiro atoms. The number of hydrogen-bond donors (Lipinski definition) is 1. The van der Waals surface area contributed by atoms with Gasteiger partial charge in [0.1, 0.15) is 16.4 Å². The number of hydrogen-bond acceptors (Lipinski definition) is 5. The van der Waals surface area contributed by atoms with Crippen LogP contribution >= 0.6 is 48.2 Å². The number of nitrogens with two attached hydrogens (primary N) is 1. The van der Waals surface area contributed by atoms with E-state index in [0.29, 0.717) is 22.9 Å². The molecule has 1 aromatic rings. The van der Waals surface area contributed by atoms with Crippen molar-refractivity contribution in [3.8, 4) is 0 Å². The van der Waals surface area contributed by atoms with Crippen LogP contribution in [0.1, 0.15) is 0 Å². The lowest BCUT2D eigenvalue weighted by atomic mass is 10.0. The van der Waals surface area contributed by atoms with Crippen LogP contribution in [-0.2, 0) is 16.1 Å². The summed E-state index contributed by atoms with van der Waals surface area (Å²) in [5, 5.41) is 11.7. The predicted octanol–water partition coefficient (Wildman–Crippen LogP) is -0.282. The van der Waals surface area contributed by atoms with Crippen molar-refractivity contribution in [3.05, 3.63) is 40.8 Å². The molecule has 0 bridgehead atoms. The van der Waals surface area contributed by atoms with E-state index in [4.69, 9.17) is 17.3 Å². The summed E-state index contributed by atoms with van der Waals surface area (Å²) in [5.41, 5.74) is 6.24. The van der Waals surface area contributed by atoms with E-state index in [0.717, 1.165) is 0 Å². The van der Waals surface area contributed by atoms with Crippen LogP contribution in [0, 0.1) is 0 Å². The van der Waals surface area contributed by atoms with Crippen LogP contribution in [0.3, 0.4) is 0 Å². The Morgan fingerprint density at radius 1 is 1.52 bits per heavy atom. The SMILES string of the molecule is Cl.Cl.NC1C(=O)N2C(C(=O)[O-])=C(C[n+]3cccc(Cl)c3)CS[C@H]12. The van der Waals surface area contributed by atoms with Gasteiger partial charge >= 0.3 is 0 Å². The van der Waals surface area contributed by atoms with Crippen molar-refractivity contribution in [1.29, 1.82) is 0 Å². The Labute approximate surface area is 154 Å². The number of β-lactam (4-membered cyclic amide) rings is 1. The molecule has 126 valence electrons. The molecule has 0 aromatic carbocycles. The number of fused-ring (bicyclic) bond motifs is 1. The van der Waals surface area contributed by atoms with Crippen LogP contribution < -0.4 is 15.4 Å². The Hall–Kier alpha value is -0.990. The van der Waals surface area contributed by atoms with Gasteiger partial charge in [0.15, 0.2) is 18.9 Å². The third kappa shape index (κ3) is 3.59. The second kappa shape index (κ2) is 7.72. The summed E-state index contributed by atoms with van der Waals surface area (Å²) >= 11 is 7.38. The first-order chi connectivity index (χ1) is 9.99. The number of aliphatic carboxylic acids is 1. The highest BCUT2D eigenvalue weighted by Crippen LogP contribution is 2.39. The zero-order chi connectivity index (χ0) is 15.1. The van der Waals surface area contributed by atoms with Gasteiger partial charge in [-0.2, -0.15) is 4.57 Å². The van der Waals surface area contributed by atoms with Gasteiger partial charge in [-0.1, -0.05) is 11.6 Å². The number of carboxylic acid groups (broad SMARTS) is 1. The first kappa shape index (κ1) is 20.1. The van der Waals surface area contributed by atoms with Gasteiger partial charge in [-0.3, -0.25) is 9.69 Å². The number of aromatic nitrogens is 1. The van der Waals surface area contributed by atoms with E-state index in [1.54, 1.807) is 29.1 Å². The lowest BCUT2D eigenvalue weighted by Gasteiger charge is -2.49. The fraction of sp³-hybridized carbons (Fsp3) is 0.308. The van der Waals surface area contributed by atoms with Crippen molar-refractivity contribution in [2.75, 3.05) is 5.75 Å². The average Bonchev–Trinajstić information content (AvgIpc) is 2.45. The van der Waals surface area contributed by atoms with E-state index in [1.165, 1.54) is 16.7 Å². The number of nitrogens with zero attached hydrogens (tertiary/aromatic N) is 2.